The molecule has 0 amide bonds. The van der Waals surface area contributed by atoms with E-state index in [1.54, 1.807) is 0 Å². The van der Waals surface area contributed by atoms with Crippen LogP contribution >= 0.6 is 0 Å². The molecule has 0 saturated carbocycles. The lowest BCUT2D eigenvalue weighted by Crippen LogP contribution is -2.14. The number of rotatable bonds is 1. The minimum Gasteiger partial charge on any atom is -0.466 e. The first-order valence-electron chi connectivity index (χ1n) is 5.22. The van der Waals surface area contributed by atoms with Gasteiger partial charge in [-0.2, -0.15) is 0 Å². The van der Waals surface area contributed by atoms with Crippen molar-refractivity contribution in [1.82, 2.24) is 0 Å². The number of benzene rings is 1. The molecule has 0 N–H and O–H groups in total. The Morgan fingerprint density at radius 3 is 2.69 bits per heavy atom. The zero-order valence-electron chi connectivity index (χ0n) is 9.67. The van der Waals surface area contributed by atoms with Crippen LogP contribution in [0.1, 0.15) is 36.7 Å². The third-order valence-corrected chi connectivity index (χ3v) is 2.05. The van der Waals surface area contributed by atoms with Crippen LogP contribution in [0, 0.1) is 5.82 Å². The van der Waals surface area contributed by atoms with Crippen LogP contribution in [0.25, 0.3) is 0 Å². The topological polar surface area (TPSA) is 35.5 Å². The van der Waals surface area contributed by atoms with E-state index in [4.69, 9.17) is 9.47 Å². The number of carbonyl (C=O) groups excluding carboxylic acids is 1. The fourth-order valence-electron chi connectivity index (χ4n) is 1.44. The quantitative estimate of drug-likeness (QED) is 0.691. The van der Waals surface area contributed by atoms with Crippen LogP contribution in [0.2, 0.25) is 0 Å². The summed E-state index contributed by atoms with van der Waals surface area (Å²) in [6.07, 6.45) is 0. The minimum absolute atomic E-state index is 0.110. The van der Waals surface area contributed by atoms with Gasteiger partial charge in [0, 0.05) is 5.56 Å². The highest BCUT2D eigenvalue weighted by molar-refractivity contribution is 5.97. The molecule has 0 aliphatic carbocycles. The van der Waals surface area contributed by atoms with Gasteiger partial charge in [-0.15, -0.1) is 0 Å². The second-order valence-electron chi connectivity index (χ2n) is 3.11. The summed E-state index contributed by atoms with van der Waals surface area (Å²) >= 11 is 0. The Bertz CT molecular complexity index is 388. The van der Waals surface area contributed by atoms with Crippen LogP contribution in [0.4, 0.5) is 4.39 Å². The van der Waals surface area contributed by atoms with Gasteiger partial charge < -0.3 is 9.47 Å². The van der Waals surface area contributed by atoms with Gasteiger partial charge in [0.05, 0.1) is 12.2 Å². The van der Waals surface area contributed by atoms with Crippen molar-refractivity contribution in [3.8, 4) is 5.75 Å². The molecule has 88 valence electrons. The summed E-state index contributed by atoms with van der Waals surface area (Å²) in [5.74, 6) is -0.198. The maximum atomic E-state index is 13.1. The summed E-state index contributed by atoms with van der Waals surface area (Å²) in [5, 5.41) is 0. The van der Waals surface area contributed by atoms with Crippen LogP contribution in [-0.4, -0.2) is 12.6 Å². The van der Waals surface area contributed by atoms with E-state index in [1.165, 1.54) is 19.1 Å². The first-order chi connectivity index (χ1) is 7.68. The normalized spacial score (nSPS) is 13.0. The highest BCUT2D eigenvalue weighted by Gasteiger charge is 2.18. The van der Waals surface area contributed by atoms with Crippen molar-refractivity contribution >= 4 is 5.78 Å². The van der Waals surface area contributed by atoms with Gasteiger partial charge in [-0.25, -0.2) is 4.39 Å². The fourth-order valence-corrected chi connectivity index (χ4v) is 1.44. The van der Waals surface area contributed by atoms with E-state index in [-0.39, 0.29) is 24.7 Å². The molecule has 1 heterocycles. The molecule has 1 aliphatic rings. The molecule has 0 spiro atoms. The molecule has 4 heteroatoms. The van der Waals surface area contributed by atoms with Gasteiger partial charge in [-0.3, -0.25) is 4.79 Å². The predicted octanol–water partition coefficient (Wildman–Crippen LogP) is 2.92. The third kappa shape index (κ3) is 2.58. The number of Topliss-reactive ketones (excluding diaryl/α,β-unsaturated/α-hetero) is 1. The van der Waals surface area contributed by atoms with E-state index >= 15 is 0 Å². The largest absolute Gasteiger partial charge is 0.466 e. The molecule has 0 saturated heterocycles. The van der Waals surface area contributed by atoms with Crippen molar-refractivity contribution in [2.75, 3.05) is 6.79 Å². The molecule has 1 aromatic carbocycles. The molecule has 0 bridgehead atoms. The molecule has 3 nitrogen and oxygen atoms in total. The number of hydrogen-bond donors (Lipinski definition) is 0. The molecule has 0 unspecified atom stereocenters. The van der Waals surface area contributed by atoms with Gasteiger partial charge in [0.25, 0.3) is 0 Å². The van der Waals surface area contributed by atoms with Gasteiger partial charge in [0.15, 0.2) is 12.6 Å². The lowest BCUT2D eigenvalue weighted by molar-refractivity contribution is -0.0170. The molecule has 0 radical (unpaired) electrons. The Labute approximate surface area is 94.2 Å². The number of ether oxygens (including phenoxy) is 2. The van der Waals surface area contributed by atoms with Crippen molar-refractivity contribution in [2.45, 2.75) is 27.4 Å². The van der Waals surface area contributed by atoms with Gasteiger partial charge in [0.2, 0.25) is 0 Å². The summed E-state index contributed by atoms with van der Waals surface area (Å²) in [4.78, 5) is 11.2. The molecule has 0 aromatic heterocycles. The molecule has 1 aromatic rings. The van der Waals surface area contributed by atoms with Crippen LogP contribution in [0.5, 0.6) is 5.75 Å². The summed E-state index contributed by atoms with van der Waals surface area (Å²) in [6.45, 7) is 5.78. The van der Waals surface area contributed by atoms with Crippen molar-refractivity contribution in [1.29, 1.82) is 0 Å². The lowest BCUT2D eigenvalue weighted by atomic mass is 10.1. The van der Waals surface area contributed by atoms with E-state index in [2.05, 4.69) is 0 Å². The highest BCUT2D eigenvalue weighted by atomic mass is 19.1. The Balaban J connectivity index is 0.000000606. The second kappa shape index (κ2) is 5.61. The second-order valence-corrected chi connectivity index (χ2v) is 3.11. The van der Waals surface area contributed by atoms with E-state index in [9.17, 15) is 9.18 Å². The van der Waals surface area contributed by atoms with Crippen LogP contribution < -0.4 is 4.74 Å². The van der Waals surface area contributed by atoms with Crippen molar-refractivity contribution < 1.29 is 18.7 Å². The Morgan fingerprint density at radius 2 is 2.06 bits per heavy atom. The molecule has 16 heavy (non-hydrogen) atoms. The Morgan fingerprint density at radius 1 is 1.38 bits per heavy atom. The fraction of sp³-hybridized carbons (Fsp3) is 0.417. The van der Waals surface area contributed by atoms with Crippen LogP contribution in [0.15, 0.2) is 12.1 Å². The van der Waals surface area contributed by atoms with Gasteiger partial charge in [-0.05, 0) is 19.1 Å². The SMILES string of the molecule is CC.CC(=O)c1cc(F)cc2c1OCOC2. The van der Waals surface area contributed by atoms with Gasteiger partial charge in [-0.1, -0.05) is 13.8 Å². The molecule has 0 fully saturated rings. The smallest absolute Gasteiger partial charge is 0.189 e. The van der Waals surface area contributed by atoms with Crippen molar-refractivity contribution in [3.05, 3.63) is 29.1 Å². The first kappa shape index (κ1) is 12.6. The summed E-state index contributed by atoms with van der Waals surface area (Å²) in [7, 11) is 0. The molecule has 1 aliphatic heterocycles. The average molecular weight is 226 g/mol. The number of halogens is 1. The summed E-state index contributed by atoms with van der Waals surface area (Å²) in [5.41, 5.74) is 0.866. The Hall–Kier alpha value is -1.42. The summed E-state index contributed by atoms with van der Waals surface area (Å²) < 4.78 is 23.2. The number of carbonyl (C=O) groups is 1. The van der Waals surface area contributed by atoms with Crippen molar-refractivity contribution in [2.24, 2.45) is 0 Å². The maximum Gasteiger partial charge on any atom is 0.189 e. The zero-order chi connectivity index (χ0) is 12.1. The first-order valence-corrected chi connectivity index (χ1v) is 5.22. The maximum absolute atomic E-state index is 13.1. The zero-order valence-corrected chi connectivity index (χ0v) is 9.67. The van der Waals surface area contributed by atoms with E-state index in [0.29, 0.717) is 11.3 Å². The molecule has 0 atom stereocenters. The lowest BCUT2D eigenvalue weighted by Gasteiger charge is -2.19. The number of ketones is 1. The highest BCUT2D eigenvalue weighted by Crippen LogP contribution is 2.29. The molecular weight excluding hydrogens is 211 g/mol. The van der Waals surface area contributed by atoms with Crippen LogP contribution in [-0.2, 0) is 11.3 Å². The molecular formula is C12H15FO3. The van der Waals surface area contributed by atoms with E-state index in [0.717, 1.165) is 0 Å². The van der Waals surface area contributed by atoms with Crippen LogP contribution in [0.3, 0.4) is 0 Å². The standard InChI is InChI=1S/C10H9FO3.C2H6/c1-6(12)9-3-8(11)2-7-4-13-5-14-10(7)9;1-2/h2-3H,4-5H2,1H3;1-2H3. The number of fused-ring (bicyclic) bond motifs is 1. The third-order valence-electron chi connectivity index (χ3n) is 2.05. The number of hydrogen-bond acceptors (Lipinski definition) is 3. The minimum atomic E-state index is -0.442. The Kier molecular flexibility index (Phi) is 4.43. The predicted molar refractivity (Wildman–Crippen MR) is 58.0 cm³/mol. The summed E-state index contributed by atoms with van der Waals surface area (Å²) in [6, 6.07) is 2.51. The van der Waals surface area contributed by atoms with Gasteiger partial charge >= 0.3 is 0 Å². The average Bonchev–Trinajstić information content (AvgIpc) is 2.30. The van der Waals surface area contributed by atoms with Crippen molar-refractivity contribution in [3.63, 3.8) is 0 Å². The van der Waals surface area contributed by atoms with E-state index in [1.807, 2.05) is 13.8 Å². The van der Waals surface area contributed by atoms with E-state index < -0.39 is 5.82 Å². The monoisotopic (exact) mass is 226 g/mol. The molecule has 2 rings (SSSR count). The van der Waals surface area contributed by atoms with Gasteiger partial charge in [0.1, 0.15) is 11.6 Å².